The predicted octanol–water partition coefficient (Wildman–Crippen LogP) is 3.00. The van der Waals surface area contributed by atoms with E-state index < -0.39 is 5.82 Å². The average Bonchev–Trinajstić information content (AvgIpc) is 2.63. The number of nitrogens with zero attached hydrogens (tertiary/aromatic N) is 3. The quantitative estimate of drug-likeness (QED) is 0.628. The summed E-state index contributed by atoms with van der Waals surface area (Å²) in [6.07, 6.45) is 6.30. The molecule has 0 spiro atoms. The lowest BCUT2D eigenvalue weighted by atomic mass is 10.1. The second-order valence-corrected chi connectivity index (χ2v) is 5.65. The van der Waals surface area contributed by atoms with Crippen molar-refractivity contribution in [2.75, 3.05) is 31.2 Å². The van der Waals surface area contributed by atoms with Crippen LogP contribution < -0.4 is 4.90 Å². The number of ketones is 1. The Bertz CT molecular complexity index is 759. The fourth-order valence-corrected chi connectivity index (χ4v) is 2.44. The first-order valence-corrected chi connectivity index (χ1v) is 7.83. The van der Waals surface area contributed by atoms with Gasteiger partial charge in [-0.25, -0.2) is 14.4 Å². The van der Waals surface area contributed by atoms with Crippen molar-refractivity contribution >= 4 is 29.4 Å². The van der Waals surface area contributed by atoms with Gasteiger partial charge in [-0.15, -0.1) is 0 Å². The number of rotatable bonds is 4. The summed E-state index contributed by atoms with van der Waals surface area (Å²) in [4.78, 5) is 22.7. The molecule has 0 radical (unpaired) electrons. The third-order valence-electron chi connectivity index (χ3n) is 3.58. The number of carbonyl (C=O) groups is 1. The van der Waals surface area contributed by atoms with Crippen LogP contribution in [0.4, 0.5) is 10.3 Å². The van der Waals surface area contributed by atoms with Crippen molar-refractivity contribution in [1.29, 1.82) is 0 Å². The van der Waals surface area contributed by atoms with Crippen LogP contribution in [0.15, 0.2) is 36.7 Å². The Hall–Kier alpha value is -2.31. The number of benzene rings is 1. The first-order chi connectivity index (χ1) is 11.6. The minimum Gasteiger partial charge on any atom is -0.378 e. The Morgan fingerprint density at radius 3 is 2.62 bits per heavy atom. The van der Waals surface area contributed by atoms with Crippen LogP contribution in [0.1, 0.15) is 15.9 Å². The first-order valence-electron chi connectivity index (χ1n) is 7.46. The van der Waals surface area contributed by atoms with Crippen LogP contribution >= 0.6 is 11.6 Å². The summed E-state index contributed by atoms with van der Waals surface area (Å²) in [5.74, 6) is -0.175. The second-order valence-electron chi connectivity index (χ2n) is 5.24. The van der Waals surface area contributed by atoms with E-state index in [0.717, 1.165) is 13.1 Å². The average molecular weight is 348 g/mol. The SMILES string of the molecule is O=C(/C=C/c1cnc(N2CCOCC2)nc1)c1ccc(F)c(Cl)c1. The van der Waals surface area contributed by atoms with Gasteiger partial charge in [-0.3, -0.25) is 4.79 Å². The van der Waals surface area contributed by atoms with Gasteiger partial charge in [-0.05, 0) is 30.4 Å². The highest BCUT2D eigenvalue weighted by Gasteiger charge is 2.13. The molecule has 24 heavy (non-hydrogen) atoms. The van der Waals surface area contributed by atoms with Gasteiger partial charge in [-0.2, -0.15) is 0 Å². The van der Waals surface area contributed by atoms with Crippen LogP contribution in [-0.2, 0) is 4.74 Å². The maximum Gasteiger partial charge on any atom is 0.225 e. The molecule has 0 amide bonds. The Morgan fingerprint density at radius 1 is 1.25 bits per heavy atom. The normalized spacial score (nSPS) is 15.0. The smallest absolute Gasteiger partial charge is 0.225 e. The highest BCUT2D eigenvalue weighted by atomic mass is 35.5. The molecule has 1 saturated heterocycles. The highest BCUT2D eigenvalue weighted by molar-refractivity contribution is 6.31. The van der Waals surface area contributed by atoms with Crippen molar-refractivity contribution in [3.05, 3.63) is 58.6 Å². The third-order valence-corrected chi connectivity index (χ3v) is 3.87. The van der Waals surface area contributed by atoms with Crippen LogP contribution in [0.25, 0.3) is 6.08 Å². The minimum absolute atomic E-state index is 0.0764. The van der Waals surface area contributed by atoms with Gasteiger partial charge in [0.15, 0.2) is 5.78 Å². The van der Waals surface area contributed by atoms with E-state index in [-0.39, 0.29) is 10.8 Å². The monoisotopic (exact) mass is 347 g/mol. The number of halogens is 2. The Kier molecular flexibility index (Phi) is 5.17. The first kappa shape index (κ1) is 16.5. The number of carbonyl (C=O) groups excluding carboxylic acids is 1. The van der Waals surface area contributed by atoms with Crippen molar-refractivity contribution in [3.63, 3.8) is 0 Å². The summed E-state index contributed by atoms with van der Waals surface area (Å²) in [7, 11) is 0. The summed E-state index contributed by atoms with van der Waals surface area (Å²) in [5.41, 5.74) is 1.03. The maximum absolute atomic E-state index is 13.1. The van der Waals surface area contributed by atoms with Crippen molar-refractivity contribution in [1.82, 2.24) is 9.97 Å². The lowest BCUT2D eigenvalue weighted by molar-refractivity contribution is 0.104. The van der Waals surface area contributed by atoms with Gasteiger partial charge in [0.1, 0.15) is 5.82 Å². The zero-order valence-electron chi connectivity index (χ0n) is 12.8. The van der Waals surface area contributed by atoms with Gasteiger partial charge < -0.3 is 9.64 Å². The lowest BCUT2D eigenvalue weighted by Gasteiger charge is -2.26. The van der Waals surface area contributed by atoms with Crippen molar-refractivity contribution in [3.8, 4) is 0 Å². The Morgan fingerprint density at radius 2 is 1.96 bits per heavy atom. The largest absolute Gasteiger partial charge is 0.378 e. The molecule has 1 aliphatic heterocycles. The molecule has 0 atom stereocenters. The lowest BCUT2D eigenvalue weighted by Crippen LogP contribution is -2.37. The van der Waals surface area contributed by atoms with Crippen molar-refractivity contribution < 1.29 is 13.9 Å². The highest BCUT2D eigenvalue weighted by Crippen LogP contribution is 2.17. The topological polar surface area (TPSA) is 55.3 Å². The van der Waals surface area contributed by atoms with Gasteiger partial charge in [0.25, 0.3) is 0 Å². The van der Waals surface area contributed by atoms with Gasteiger partial charge in [0, 0.05) is 36.6 Å². The minimum atomic E-state index is -0.552. The number of morpholine rings is 1. The molecule has 3 rings (SSSR count). The van der Waals surface area contributed by atoms with Crippen LogP contribution in [0.2, 0.25) is 5.02 Å². The molecule has 5 nitrogen and oxygen atoms in total. The molecule has 0 aliphatic carbocycles. The molecule has 1 aromatic carbocycles. The molecule has 1 fully saturated rings. The summed E-state index contributed by atoms with van der Waals surface area (Å²) in [6, 6.07) is 3.87. The fourth-order valence-electron chi connectivity index (χ4n) is 2.26. The van der Waals surface area contributed by atoms with Crippen LogP contribution in [-0.4, -0.2) is 42.1 Å². The second kappa shape index (κ2) is 7.51. The number of aromatic nitrogens is 2. The molecule has 1 aromatic heterocycles. The molecule has 7 heteroatoms. The molecular formula is C17H15ClFN3O2. The molecule has 0 saturated carbocycles. The number of ether oxygens (including phenoxy) is 1. The molecule has 2 aromatic rings. The number of anilines is 1. The van der Waals surface area contributed by atoms with E-state index in [4.69, 9.17) is 16.3 Å². The summed E-state index contributed by atoms with van der Waals surface area (Å²) >= 11 is 5.68. The van der Waals surface area contributed by atoms with Gasteiger partial charge in [0.2, 0.25) is 5.95 Å². The van der Waals surface area contributed by atoms with E-state index >= 15 is 0 Å². The number of hydrogen-bond donors (Lipinski definition) is 0. The summed E-state index contributed by atoms with van der Waals surface area (Å²) in [6.45, 7) is 2.86. The van der Waals surface area contributed by atoms with Crippen LogP contribution in [0.3, 0.4) is 0 Å². The van der Waals surface area contributed by atoms with Crippen molar-refractivity contribution in [2.45, 2.75) is 0 Å². The van der Waals surface area contributed by atoms with Gasteiger partial charge in [-0.1, -0.05) is 11.6 Å². The molecule has 0 unspecified atom stereocenters. The molecule has 0 N–H and O–H groups in total. The molecule has 124 valence electrons. The van der Waals surface area contributed by atoms with E-state index in [1.54, 1.807) is 18.5 Å². The van der Waals surface area contributed by atoms with Crippen LogP contribution in [0.5, 0.6) is 0 Å². The molecule has 2 heterocycles. The molecule has 1 aliphatic rings. The van der Waals surface area contributed by atoms with E-state index in [2.05, 4.69) is 9.97 Å². The van der Waals surface area contributed by atoms with Crippen LogP contribution in [0, 0.1) is 5.82 Å². The van der Waals surface area contributed by atoms with E-state index in [1.165, 1.54) is 24.3 Å². The predicted molar refractivity (Wildman–Crippen MR) is 89.8 cm³/mol. The summed E-state index contributed by atoms with van der Waals surface area (Å²) < 4.78 is 18.4. The number of allylic oxidation sites excluding steroid dienone is 1. The molecule has 0 bridgehead atoms. The van der Waals surface area contributed by atoms with E-state index in [0.29, 0.717) is 30.3 Å². The van der Waals surface area contributed by atoms with E-state index in [9.17, 15) is 9.18 Å². The van der Waals surface area contributed by atoms with Crippen molar-refractivity contribution in [2.24, 2.45) is 0 Å². The van der Waals surface area contributed by atoms with Gasteiger partial charge >= 0.3 is 0 Å². The zero-order chi connectivity index (χ0) is 16.9. The van der Waals surface area contributed by atoms with Gasteiger partial charge in [0.05, 0.1) is 18.2 Å². The maximum atomic E-state index is 13.1. The van der Waals surface area contributed by atoms with E-state index in [1.807, 2.05) is 4.90 Å². The fraction of sp³-hybridized carbons (Fsp3) is 0.235. The standard InChI is InChI=1S/C17H15ClFN3O2/c18-14-9-13(2-3-15(14)19)16(23)4-1-12-10-20-17(21-11-12)22-5-7-24-8-6-22/h1-4,9-11H,5-8H2/b4-1+. The third kappa shape index (κ3) is 3.96. The number of hydrogen-bond acceptors (Lipinski definition) is 5. The summed E-state index contributed by atoms with van der Waals surface area (Å²) in [5, 5.41) is -0.0764. The zero-order valence-corrected chi connectivity index (χ0v) is 13.5. The Balaban J connectivity index is 1.67. The molecular weight excluding hydrogens is 333 g/mol. The Labute approximate surface area is 143 Å².